The van der Waals surface area contributed by atoms with Crippen LogP contribution in [-0.4, -0.2) is 25.0 Å². The van der Waals surface area contributed by atoms with Gasteiger partial charge in [0.05, 0.1) is 11.6 Å². The van der Waals surface area contributed by atoms with Crippen molar-refractivity contribution in [1.82, 2.24) is 10.6 Å². The zero-order chi connectivity index (χ0) is 13.7. The molecule has 1 aromatic rings. The molecule has 19 heavy (non-hydrogen) atoms. The van der Waals surface area contributed by atoms with Crippen molar-refractivity contribution in [3.8, 4) is 6.07 Å². The first-order valence-electron chi connectivity index (χ1n) is 6.71. The lowest BCUT2D eigenvalue weighted by atomic mass is 9.91. The minimum atomic E-state index is -0.0441. The van der Waals surface area contributed by atoms with E-state index in [0.29, 0.717) is 17.2 Å². The molecule has 1 aromatic carbocycles. The van der Waals surface area contributed by atoms with E-state index in [2.05, 4.69) is 10.6 Å². The van der Waals surface area contributed by atoms with Gasteiger partial charge in [0, 0.05) is 17.6 Å². The van der Waals surface area contributed by atoms with Crippen LogP contribution < -0.4 is 10.6 Å². The molecule has 0 radical (unpaired) electrons. The van der Waals surface area contributed by atoms with E-state index in [4.69, 9.17) is 5.26 Å². The van der Waals surface area contributed by atoms with Crippen molar-refractivity contribution in [1.29, 1.82) is 5.26 Å². The Labute approximate surface area is 113 Å². The van der Waals surface area contributed by atoms with E-state index in [1.807, 2.05) is 13.1 Å². The van der Waals surface area contributed by atoms with Gasteiger partial charge < -0.3 is 10.6 Å². The van der Waals surface area contributed by atoms with Gasteiger partial charge in [-0.15, -0.1) is 0 Å². The Balaban J connectivity index is 1.89. The maximum Gasteiger partial charge on any atom is 0.251 e. The first-order chi connectivity index (χ1) is 9.22. The second-order valence-corrected chi connectivity index (χ2v) is 5.00. The first-order valence-corrected chi connectivity index (χ1v) is 6.71. The summed E-state index contributed by atoms with van der Waals surface area (Å²) in [6.07, 6.45) is 4.25. The summed E-state index contributed by atoms with van der Waals surface area (Å²) in [6.45, 7) is 0. The van der Waals surface area contributed by atoms with E-state index in [-0.39, 0.29) is 11.9 Å². The standard InChI is InChI=1S/C15H19N3O/c1-17-13-6-8-14(9-7-13)18-15(19)12-4-2-11(10-16)3-5-12/h2-5,13-14,17H,6-9H2,1H3,(H,18,19). The molecule has 0 unspecified atom stereocenters. The number of nitriles is 1. The van der Waals surface area contributed by atoms with Crippen molar-refractivity contribution >= 4 is 5.91 Å². The molecule has 4 heteroatoms. The number of nitrogens with zero attached hydrogens (tertiary/aromatic N) is 1. The molecule has 2 rings (SSSR count). The number of hydrogen-bond donors (Lipinski definition) is 2. The molecule has 100 valence electrons. The summed E-state index contributed by atoms with van der Waals surface area (Å²) in [4.78, 5) is 12.1. The molecule has 0 heterocycles. The Morgan fingerprint density at radius 2 is 1.74 bits per heavy atom. The van der Waals surface area contributed by atoms with Crippen LogP contribution in [0.25, 0.3) is 0 Å². The van der Waals surface area contributed by atoms with Crippen LogP contribution in [0.4, 0.5) is 0 Å². The molecule has 0 atom stereocenters. The summed E-state index contributed by atoms with van der Waals surface area (Å²) in [7, 11) is 1.99. The lowest BCUT2D eigenvalue weighted by Gasteiger charge is -2.28. The summed E-state index contributed by atoms with van der Waals surface area (Å²) >= 11 is 0. The molecule has 0 spiro atoms. The number of rotatable bonds is 3. The van der Waals surface area contributed by atoms with Gasteiger partial charge in [-0.05, 0) is 57.0 Å². The summed E-state index contributed by atoms with van der Waals surface area (Å²) in [5.74, 6) is -0.0441. The van der Waals surface area contributed by atoms with Crippen LogP contribution in [0.1, 0.15) is 41.6 Å². The monoisotopic (exact) mass is 257 g/mol. The highest BCUT2D eigenvalue weighted by molar-refractivity contribution is 5.94. The highest BCUT2D eigenvalue weighted by Crippen LogP contribution is 2.18. The first kappa shape index (κ1) is 13.6. The smallest absolute Gasteiger partial charge is 0.251 e. The van der Waals surface area contributed by atoms with Crippen molar-refractivity contribution in [3.05, 3.63) is 35.4 Å². The molecule has 1 saturated carbocycles. The van der Waals surface area contributed by atoms with Crippen LogP contribution in [0.3, 0.4) is 0 Å². The van der Waals surface area contributed by atoms with Gasteiger partial charge in [-0.3, -0.25) is 4.79 Å². The predicted molar refractivity (Wildman–Crippen MR) is 73.7 cm³/mol. The van der Waals surface area contributed by atoms with Gasteiger partial charge in [0.25, 0.3) is 5.91 Å². The Kier molecular flexibility index (Phi) is 4.53. The second kappa shape index (κ2) is 6.35. The Bertz CT molecular complexity index is 467. The summed E-state index contributed by atoms with van der Waals surface area (Å²) in [5, 5.41) is 15.1. The summed E-state index contributed by atoms with van der Waals surface area (Å²) < 4.78 is 0. The zero-order valence-corrected chi connectivity index (χ0v) is 11.1. The number of carbonyl (C=O) groups is 1. The third-order valence-electron chi connectivity index (χ3n) is 3.75. The fourth-order valence-corrected chi connectivity index (χ4v) is 2.49. The number of hydrogen-bond acceptors (Lipinski definition) is 3. The van der Waals surface area contributed by atoms with E-state index in [0.717, 1.165) is 25.7 Å². The fourth-order valence-electron chi connectivity index (χ4n) is 2.49. The minimum absolute atomic E-state index is 0.0441. The lowest BCUT2D eigenvalue weighted by Crippen LogP contribution is -2.41. The molecule has 1 aliphatic carbocycles. The van der Waals surface area contributed by atoms with Crippen LogP contribution in [-0.2, 0) is 0 Å². The quantitative estimate of drug-likeness (QED) is 0.868. The van der Waals surface area contributed by atoms with Gasteiger partial charge in [-0.1, -0.05) is 0 Å². The van der Waals surface area contributed by atoms with E-state index in [9.17, 15) is 4.79 Å². The average molecular weight is 257 g/mol. The number of amides is 1. The normalized spacial score (nSPS) is 22.5. The van der Waals surface area contributed by atoms with Crippen molar-refractivity contribution < 1.29 is 4.79 Å². The molecule has 1 amide bonds. The van der Waals surface area contributed by atoms with E-state index in [1.165, 1.54) is 0 Å². The molecule has 0 bridgehead atoms. The Hall–Kier alpha value is -1.86. The average Bonchev–Trinajstić information content (AvgIpc) is 2.48. The predicted octanol–water partition coefficient (Wildman–Crippen LogP) is 1.82. The van der Waals surface area contributed by atoms with Crippen LogP contribution in [0.5, 0.6) is 0 Å². The van der Waals surface area contributed by atoms with Crippen LogP contribution in [0.2, 0.25) is 0 Å². The van der Waals surface area contributed by atoms with Gasteiger partial charge in [0.1, 0.15) is 0 Å². The van der Waals surface area contributed by atoms with Crippen molar-refractivity contribution in [2.75, 3.05) is 7.05 Å². The van der Waals surface area contributed by atoms with Crippen molar-refractivity contribution in [2.24, 2.45) is 0 Å². The second-order valence-electron chi connectivity index (χ2n) is 5.00. The molecule has 0 saturated heterocycles. The van der Waals surface area contributed by atoms with Crippen LogP contribution in [0, 0.1) is 11.3 Å². The SMILES string of the molecule is CNC1CCC(NC(=O)c2ccc(C#N)cc2)CC1. The molecule has 0 aliphatic heterocycles. The van der Waals surface area contributed by atoms with Crippen molar-refractivity contribution in [2.45, 2.75) is 37.8 Å². The van der Waals surface area contributed by atoms with E-state index in [1.54, 1.807) is 24.3 Å². The summed E-state index contributed by atoms with van der Waals surface area (Å²) in [5.41, 5.74) is 1.20. The topological polar surface area (TPSA) is 64.9 Å². The maximum atomic E-state index is 12.1. The molecular weight excluding hydrogens is 238 g/mol. The van der Waals surface area contributed by atoms with Gasteiger partial charge in [0.2, 0.25) is 0 Å². The molecular formula is C15H19N3O. The van der Waals surface area contributed by atoms with Gasteiger partial charge in [-0.2, -0.15) is 5.26 Å². The number of benzene rings is 1. The van der Waals surface area contributed by atoms with Crippen molar-refractivity contribution in [3.63, 3.8) is 0 Å². The number of nitrogens with one attached hydrogen (secondary N) is 2. The highest BCUT2D eigenvalue weighted by atomic mass is 16.1. The Morgan fingerprint density at radius 3 is 2.26 bits per heavy atom. The van der Waals surface area contributed by atoms with E-state index >= 15 is 0 Å². The minimum Gasteiger partial charge on any atom is -0.349 e. The third-order valence-corrected chi connectivity index (χ3v) is 3.75. The fraction of sp³-hybridized carbons (Fsp3) is 0.467. The Morgan fingerprint density at radius 1 is 1.16 bits per heavy atom. The molecule has 4 nitrogen and oxygen atoms in total. The zero-order valence-electron chi connectivity index (χ0n) is 11.1. The van der Waals surface area contributed by atoms with Gasteiger partial charge >= 0.3 is 0 Å². The van der Waals surface area contributed by atoms with Crippen LogP contribution in [0.15, 0.2) is 24.3 Å². The van der Waals surface area contributed by atoms with E-state index < -0.39 is 0 Å². The number of carbonyl (C=O) groups excluding carboxylic acids is 1. The maximum absolute atomic E-state index is 12.1. The van der Waals surface area contributed by atoms with Gasteiger partial charge in [-0.25, -0.2) is 0 Å². The van der Waals surface area contributed by atoms with Gasteiger partial charge in [0.15, 0.2) is 0 Å². The molecule has 0 aromatic heterocycles. The third kappa shape index (κ3) is 3.55. The highest BCUT2D eigenvalue weighted by Gasteiger charge is 2.21. The molecule has 1 aliphatic rings. The largest absolute Gasteiger partial charge is 0.349 e. The molecule has 1 fully saturated rings. The lowest BCUT2D eigenvalue weighted by molar-refractivity contribution is 0.0924. The van der Waals surface area contributed by atoms with Crippen LogP contribution >= 0.6 is 0 Å². The molecule has 2 N–H and O–H groups in total. The summed E-state index contributed by atoms with van der Waals surface area (Å²) in [6, 6.07) is 9.65.